The van der Waals surface area contributed by atoms with Gasteiger partial charge >= 0.3 is 0 Å². The third kappa shape index (κ3) is 4.74. The van der Waals surface area contributed by atoms with Gasteiger partial charge in [0.1, 0.15) is 0 Å². The molecule has 0 fully saturated rings. The molecule has 0 saturated carbocycles. The Kier molecular flexibility index (Phi) is 5.29. The van der Waals surface area contributed by atoms with Crippen LogP contribution in [-0.2, 0) is 11.2 Å². The number of carbonyl (C=O) groups excluding carboxylic acids is 1. The van der Waals surface area contributed by atoms with Gasteiger partial charge in [0, 0.05) is 6.42 Å². The standard InChI is InChI=1S/C15H19NO/c1-4-14(5-2)16-15(17)10-9-13-8-6-7-12(3)11-13/h1,6-8,11,14H,5,9-10H2,2-3H3,(H,16,17). The summed E-state index contributed by atoms with van der Waals surface area (Å²) in [5.74, 6) is 2.58. The first-order chi connectivity index (χ1) is 8.15. The van der Waals surface area contributed by atoms with Crippen molar-refractivity contribution in [2.45, 2.75) is 39.2 Å². The third-order valence-corrected chi connectivity index (χ3v) is 2.67. The number of terminal acetylenes is 1. The molecular weight excluding hydrogens is 210 g/mol. The Bertz CT molecular complexity index is 417. The average Bonchev–Trinajstić information content (AvgIpc) is 2.33. The molecule has 0 saturated heterocycles. The van der Waals surface area contributed by atoms with Crippen LogP contribution in [-0.4, -0.2) is 11.9 Å². The predicted molar refractivity (Wildman–Crippen MR) is 70.6 cm³/mol. The van der Waals surface area contributed by atoms with Crippen LogP contribution in [0.25, 0.3) is 0 Å². The van der Waals surface area contributed by atoms with E-state index >= 15 is 0 Å². The Hall–Kier alpha value is -1.75. The zero-order valence-electron chi connectivity index (χ0n) is 10.5. The molecule has 0 aliphatic heterocycles. The Balaban J connectivity index is 2.41. The summed E-state index contributed by atoms with van der Waals surface area (Å²) in [6, 6.07) is 8.07. The lowest BCUT2D eigenvalue weighted by Crippen LogP contribution is -2.33. The number of hydrogen-bond donors (Lipinski definition) is 1. The van der Waals surface area contributed by atoms with Crippen molar-refractivity contribution < 1.29 is 4.79 Å². The second kappa shape index (κ2) is 6.75. The fourth-order valence-corrected chi connectivity index (χ4v) is 1.65. The minimum atomic E-state index is -0.139. The summed E-state index contributed by atoms with van der Waals surface area (Å²) in [5, 5.41) is 2.83. The van der Waals surface area contributed by atoms with Gasteiger partial charge in [-0.25, -0.2) is 0 Å². The molecule has 0 aromatic heterocycles. The summed E-state index contributed by atoms with van der Waals surface area (Å²) < 4.78 is 0. The van der Waals surface area contributed by atoms with E-state index in [2.05, 4.69) is 30.3 Å². The summed E-state index contributed by atoms with van der Waals surface area (Å²) in [4.78, 5) is 11.6. The molecule has 90 valence electrons. The van der Waals surface area contributed by atoms with E-state index in [1.165, 1.54) is 11.1 Å². The molecule has 1 amide bonds. The smallest absolute Gasteiger partial charge is 0.221 e. The van der Waals surface area contributed by atoms with Gasteiger partial charge in [0.25, 0.3) is 0 Å². The van der Waals surface area contributed by atoms with E-state index in [9.17, 15) is 4.79 Å². The predicted octanol–water partition coefficient (Wildman–Crippen LogP) is 2.46. The molecule has 2 nitrogen and oxygen atoms in total. The zero-order valence-corrected chi connectivity index (χ0v) is 10.5. The molecule has 0 bridgehead atoms. The molecule has 1 rings (SSSR count). The van der Waals surface area contributed by atoms with Crippen molar-refractivity contribution in [3.63, 3.8) is 0 Å². The summed E-state index contributed by atoms with van der Waals surface area (Å²) in [5.41, 5.74) is 2.41. The van der Waals surface area contributed by atoms with E-state index in [1.807, 2.05) is 19.1 Å². The van der Waals surface area contributed by atoms with Crippen LogP contribution in [0, 0.1) is 19.3 Å². The first-order valence-corrected chi connectivity index (χ1v) is 5.96. The maximum atomic E-state index is 11.6. The lowest BCUT2D eigenvalue weighted by Gasteiger charge is -2.10. The fourth-order valence-electron chi connectivity index (χ4n) is 1.65. The van der Waals surface area contributed by atoms with E-state index in [0.717, 1.165) is 12.8 Å². The molecule has 0 aliphatic carbocycles. The molecule has 0 spiro atoms. The Morgan fingerprint density at radius 2 is 2.29 bits per heavy atom. The van der Waals surface area contributed by atoms with Crippen molar-refractivity contribution in [3.05, 3.63) is 35.4 Å². The second-order valence-electron chi connectivity index (χ2n) is 4.18. The molecule has 0 heterocycles. The van der Waals surface area contributed by atoms with Crippen LogP contribution >= 0.6 is 0 Å². The number of hydrogen-bond acceptors (Lipinski definition) is 1. The van der Waals surface area contributed by atoms with Crippen molar-refractivity contribution in [2.24, 2.45) is 0 Å². The lowest BCUT2D eigenvalue weighted by molar-refractivity contribution is -0.121. The van der Waals surface area contributed by atoms with Gasteiger partial charge in [-0.1, -0.05) is 42.7 Å². The van der Waals surface area contributed by atoms with Crippen LogP contribution in [0.15, 0.2) is 24.3 Å². The minimum Gasteiger partial charge on any atom is -0.342 e. The first-order valence-electron chi connectivity index (χ1n) is 5.96. The van der Waals surface area contributed by atoms with Crippen LogP contribution in [0.4, 0.5) is 0 Å². The Morgan fingerprint density at radius 1 is 1.53 bits per heavy atom. The van der Waals surface area contributed by atoms with Crippen molar-refractivity contribution in [2.75, 3.05) is 0 Å². The van der Waals surface area contributed by atoms with E-state index < -0.39 is 0 Å². The Labute approximate surface area is 103 Å². The lowest BCUT2D eigenvalue weighted by atomic mass is 10.1. The van der Waals surface area contributed by atoms with E-state index in [1.54, 1.807) is 0 Å². The van der Waals surface area contributed by atoms with Gasteiger partial charge in [0.15, 0.2) is 0 Å². The first kappa shape index (κ1) is 13.3. The molecule has 1 atom stereocenters. The molecule has 17 heavy (non-hydrogen) atoms. The maximum Gasteiger partial charge on any atom is 0.221 e. The van der Waals surface area contributed by atoms with Gasteiger partial charge in [-0.3, -0.25) is 4.79 Å². The van der Waals surface area contributed by atoms with Crippen LogP contribution in [0.1, 0.15) is 30.9 Å². The molecular formula is C15H19NO. The van der Waals surface area contributed by atoms with E-state index in [0.29, 0.717) is 6.42 Å². The molecule has 1 unspecified atom stereocenters. The summed E-state index contributed by atoms with van der Waals surface area (Å²) >= 11 is 0. The summed E-state index contributed by atoms with van der Waals surface area (Å²) in [7, 11) is 0. The van der Waals surface area contributed by atoms with Crippen molar-refractivity contribution in [3.8, 4) is 12.3 Å². The van der Waals surface area contributed by atoms with E-state index in [-0.39, 0.29) is 11.9 Å². The zero-order chi connectivity index (χ0) is 12.7. The Morgan fingerprint density at radius 3 is 2.88 bits per heavy atom. The largest absolute Gasteiger partial charge is 0.342 e. The quantitative estimate of drug-likeness (QED) is 0.772. The van der Waals surface area contributed by atoms with Gasteiger partial charge in [-0.2, -0.15) is 0 Å². The molecule has 1 aromatic rings. The molecule has 0 aliphatic rings. The highest BCUT2D eigenvalue weighted by Gasteiger charge is 2.07. The monoisotopic (exact) mass is 229 g/mol. The average molecular weight is 229 g/mol. The van der Waals surface area contributed by atoms with Crippen LogP contribution < -0.4 is 5.32 Å². The van der Waals surface area contributed by atoms with Gasteiger partial charge in [0.05, 0.1) is 6.04 Å². The minimum absolute atomic E-state index is 0.0244. The molecule has 2 heteroatoms. The van der Waals surface area contributed by atoms with Crippen LogP contribution in [0.2, 0.25) is 0 Å². The highest BCUT2D eigenvalue weighted by atomic mass is 16.1. The summed E-state index contributed by atoms with van der Waals surface area (Å²) in [6.07, 6.45) is 7.31. The van der Waals surface area contributed by atoms with Gasteiger partial charge in [-0.05, 0) is 25.3 Å². The van der Waals surface area contributed by atoms with Crippen LogP contribution in [0.5, 0.6) is 0 Å². The number of carbonyl (C=O) groups is 1. The number of benzene rings is 1. The van der Waals surface area contributed by atoms with Crippen LogP contribution in [0.3, 0.4) is 0 Å². The number of nitrogens with one attached hydrogen (secondary N) is 1. The van der Waals surface area contributed by atoms with Crippen molar-refractivity contribution in [1.82, 2.24) is 5.32 Å². The fraction of sp³-hybridized carbons (Fsp3) is 0.400. The highest BCUT2D eigenvalue weighted by molar-refractivity contribution is 5.76. The van der Waals surface area contributed by atoms with Crippen molar-refractivity contribution >= 4 is 5.91 Å². The topological polar surface area (TPSA) is 29.1 Å². The third-order valence-electron chi connectivity index (χ3n) is 2.67. The maximum absolute atomic E-state index is 11.6. The normalized spacial score (nSPS) is 11.6. The number of amides is 1. The highest BCUT2D eigenvalue weighted by Crippen LogP contribution is 2.06. The number of rotatable bonds is 5. The van der Waals surface area contributed by atoms with Gasteiger partial charge in [0.2, 0.25) is 5.91 Å². The summed E-state index contributed by atoms with van der Waals surface area (Å²) in [6.45, 7) is 4.01. The molecule has 1 aromatic carbocycles. The SMILES string of the molecule is C#CC(CC)NC(=O)CCc1cccc(C)c1. The van der Waals surface area contributed by atoms with E-state index in [4.69, 9.17) is 6.42 Å². The second-order valence-corrected chi connectivity index (χ2v) is 4.18. The van der Waals surface area contributed by atoms with Gasteiger partial charge < -0.3 is 5.32 Å². The van der Waals surface area contributed by atoms with Crippen molar-refractivity contribution in [1.29, 1.82) is 0 Å². The van der Waals surface area contributed by atoms with Gasteiger partial charge in [-0.15, -0.1) is 6.42 Å². The molecule has 0 radical (unpaired) electrons. The number of aryl methyl sites for hydroxylation is 2. The molecule has 1 N–H and O–H groups in total.